The molecule has 0 unspecified atom stereocenters. The van der Waals surface area contributed by atoms with Crippen molar-refractivity contribution in [2.45, 2.75) is 11.1 Å². The van der Waals surface area contributed by atoms with Crippen LogP contribution in [-0.2, 0) is 20.9 Å². The topological polar surface area (TPSA) is 106 Å². The van der Waals surface area contributed by atoms with Crippen LogP contribution in [0.2, 0.25) is 0 Å². The number of aromatic nitrogens is 3. The molecule has 0 saturated carbocycles. The highest BCUT2D eigenvalue weighted by Gasteiger charge is 2.32. The van der Waals surface area contributed by atoms with E-state index in [-0.39, 0.29) is 43.2 Å². The van der Waals surface area contributed by atoms with Crippen LogP contribution in [0.25, 0.3) is 5.69 Å². The molecule has 1 aromatic heterocycles. The second kappa shape index (κ2) is 9.12. The number of rotatable bonds is 5. The molecule has 9 nitrogen and oxygen atoms in total. The Balaban J connectivity index is 1.69. The van der Waals surface area contributed by atoms with Crippen molar-refractivity contribution in [3.63, 3.8) is 0 Å². The molecule has 2 aromatic carbocycles. The SMILES string of the molecule is O=C(Nc1cc(C(F)(F)F)ccc1-n1cncn1)c1ccc(F)c(S(=O)(=O)N2CCOCC2)c1. The van der Waals surface area contributed by atoms with Gasteiger partial charge in [-0.25, -0.2) is 22.5 Å². The summed E-state index contributed by atoms with van der Waals surface area (Å²) in [5.74, 6) is -2.01. The van der Waals surface area contributed by atoms with Gasteiger partial charge < -0.3 is 10.1 Å². The highest BCUT2D eigenvalue weighted by Crippen LogP contribution is 2.33. The van der Waals surface area contributed by atoms with Gasteiger partial charge in [0.1, 0.15) is 23.4 Å². The Morgan fingerprint density at radius 3 is 2.47 bits per heavy atom. The Bertz CT molecular complexity index is 1310. The predicted molar refractivity (Wildman–Crippen MR) is 110 cm³/mol. The van der Waals surface area contributed by atoms with Crippen molar-refractivity contribution in [1.82, 2.24) is 19.1 Å². The van der Waals surface area contributed by atoms with Crippen molar-refractivity contribution in [3.8, 4) is 5.69 Å². The maximum Gasteiger partial charge on any atom is 0.416 e. The number of sulfonamides is 1. The molecule has 1 aliphatic heterocycles. The monoisotopic (exact) mass is 499 g/mol. The van der Waals surface area contributed by atoms with Crippen LogP contribution in [-0.4, -0.2) is 59.7 Å². The van der Waals surface area contributed by atoms with Gasteiger partial charge in [-0.3, -0.25) is 4.79 Å². The van der Waals surface area contributed by atoms with Crippen LogP contribution in [0.15, 0.2) is 53.9 Å². The summed E-state index contributed by atoms with van der Waals surface area (Å²) in [5, 5.41) is 6.18. The number of benzene rings is 2. The average molecular weight is 499 g/mol. The van der Waals surface area contributed by atoms with Gasteiger partial charge in [-0.2, -0.15) is 22.6 Å². The van der Waals surface area contributed by atoms with Gasteiger partial charge in [0.2, 0.25) is 10.0 Å². The van der Waals surface area contributed by atoms with Crippen LogP contribution in [0.3, 0.4) is 0 Å². The summed E-state index contributed by atoms with van der Waals surface area (Å²) < 4.78 is 87.2. The molecule has 1 saturated heterocycles. The minimum absolute atomic E-state index is 0.0176. The Kier molecular flexibility index (Phi) is 6.38. The predicted octanol–water partition coefficient (Wildman–Crippen LogP) is 2.70. The molecular weight excluding hydrogens is 482 g/mol. The van der Waals surface area contributed by atoms with E-state index in [1.54, 1.807) is 0 Å². The lowest BCUT2D eigenvalue weighted by molar-refractivity contribution is -0.137. The molecule has 0 spiro atoms. The third-order valence-electron chi connectivity index (χ3n) is 5.02. The number of amides is 1. The van der Waals surface area contributed by atoms with E-state index in [1.807, 2.05) is 0 Å². The lowest BCUT2D eigenvalue weighted by Gasteiger charge is -2.26. The van der Waals surface area contributed by atoms with Crippen molar-refractivity contribution in [3.05, 3.63) is 66.0 Å². The van der Waals surface area contributed by atoms with E-state index in [0.29, 0.717) is 6.07 Å². The fraction of sp³-hybridized carbons (Fsp3) is 0.250. The first-order valence-corrected chi connectivity index (χ1v) is 11.3. The molecule has 1 N–H and O–H groups in total. The number of carbonyl (C=O) groups is 1. The smallest absolute Gasteiger partial charge is 0.379 e. The standard InChI is InChI=1S/C20H17F4N5O4S/c21-15-3-1-13(9-18(15)34(31,32)28-5-7-33-8-6-28)19(30)27-16-10-14(20(22,23)24)2-4-17(16)29-12-25-11-26-29/h1-4,9-12H,5-8H2,(H,27,30). The van der Waals surface area contributed by atoms with E-state index in [9.17, 15) is 30.8 Å². The summed E-state index contributed by atoms with van der Waals surface area (Å²) in [6, 6.07) is 5.32. The molecule has 1 fully saturated rings. The molecule has 1 aliphatic rings. The molecule has 0 aliphatic carbocycles. The number of anilines is 1. The Labute approximate surface area is 191 Å². The van der Waals surface area contributed by atoms with Crippen LogP contribution in [0, 0.1) is 5.82 Å². The first-order chi connectivity index (χ1) is 16.1. The minimum atomic E-state index is -4.68. The number of carbonyl (C=O) groups excluding carboxylic acids is 1. The van der Waals surface area contributed by atoms with Gasteiger partial charge in [-0.1, -0.05) is 0 Å². The molecule has 4 rings (SSSR count). The van der Waals surface area contributed by atoms with Crippen molar-refractivity contribution in [1.29, 1.82) is 0 Å². The maximum atomic E-state index is 14.4. The normalized spacial score (nSPS) is 15.3. The number of morpholine rings is 1. The second-order valence-electron chi connectivity index (χ2n) is 7.19. The van der Waals surface area contributed by atoms with E-state index >= 15 is 0 Å². The molecule has 3 aromatic rings. The van der Waals surface area contributed by atoms with E-state index < -0.39 is 38.4 Å². The zero-order chi connectivity index (χ0) is 24.5. The van der Waals surface area contributed by atoms with Gasteiger partial charge in [-0.15, -0.1) is 0 Å². The van der Waals surface area contributed by atoms with Crippen LogP contribution in [0.5, 0.6) is 0 Å². The summed E-state index contributed by atoms with van der Waals surface area (Å²) in [7, 11) is -4.26. The van der Waals surface area contributed by atoms with Crippen LogP contribution < -0.4 is 5.32 Å². The van der Waals surface area contributed by atoms with Gasteiger partial charge in [0.05, 0.1) is 30.2 Å². The van der Waals surface area contributed by atoms with Gasteiger partial charge in [0, 0.05) is 18.7 Å². The van der Waals surface area contributed by atoms with Gasteiger partial charge in [-0.05, 0) is 36.4 Å². The lowest BCUT2D eigenvalue weighted by atomic mass is 10.1. The molecule has 34 heavy (non-hydrogen) atoms. The van der Waals surface area contributed by atoms with Crippen LogP contribution in [0.4, 0.5) is 23.2 Å². The molecule has 14 heteroatoms. The first-order valence-electron chi connectivity index (χ1n) is 9.82. The number of halogens is 4. The first kappa shape index (κ1) is 23.8. The zero-order valence-corrected chi connectivity index (χ0v) is 18.1. The molecule has 1 amide bonds. The van der Waals surface area contributed by atoms with Gasteiger partial charge >= 0.3 is 6.18 Å². The zero-order valence-electron chi connectivity index (χ0n) is 17.3. The third kappa shape index (κ3) is 4.78. The van der Waals surface area contributed by atoms with Crippen molar-refractivity contribution in [2.24, 2.45) is 0 Å². The van der Waals surface area contributed by atoms with E-state index in [1.165, 1.54) is 6.33 Å². The summed E-state index contributed by atoms with van der Waals surface area (Å²) in [6.45, 7) is 0.316. The number of nitrogens with one attached hydrogen (secondary N) is 1. The summed E-state index contributed by atoms with van der Waals surface area (Å²) in [5.41, 5.74) is -1.47. The van der Waals surface area contributed by atoms with Crippen molar-refractivity contribution >= 4 is 21.6 Å². The fourth-order valence-electron chi connectivity index (χ4n) is 3.31. The van der Waals surface area contributed by atoms with Gasteiger partial charge in [0.15, 0.2) is 0 Å². The Morgan fingerprint density at radius 1 is 1.09 bits per heavy atom. The average Bonchev–Trinajstić information content (AvgIpc) is 3.34. The highest BCUT2D eigenvalue weighted by atomic mass is 32.2. The number of alkyl halides is 3. The number of ether oxygens (including phenoxy) is 1. The van der Waals surface area contributed by atoms with E-state index in [4.69, 9.17) is 4.74 Å². The molecular formula is C20H17F4N5O4S. The van der Waals surface area contributed by atoms with E-state index in [0.717, 1.165) is 45.6 Å². The summed E-state index contributed by atoms with van der Waals surface area (Å²) in [4.78, 5) is 15.9. The number of nitrogens with zero attached hydrogens (tertiary/aromatic N) is 4. The molecule has 180 valence electrons. The summed E-state index contributed by atoms with van der Waals surface area (Å²) >= 11 is 0. The maximum absolute atomic E-state index is 14.4. The van der Waals surface area contributed by atoms with Crippen LogP contribution >= 0.6 is 0 Å². The second-order valence-corrected chi connectivity index (χ2v) is 9.09. The number of hydrogen-bond acceptors (Lipinski definition) is 6. The largest absolute Gasteiger partial charge is 0.416 e. The molecule has 0 atom stereocenters. The molecule has 0 bridgehead atoms. The third-order valence-corrected chi connectivity index (χ3v) is 6.93. The van der Waals surface area contributed by atoms with Gasteiger partial charge in [0.25, 0.3) is 5.91 Å². The Hall–Kier alpha value is -3.36. The fourth-order valence-corrected chi connectivity index (χ4v) is 4.81. The molecule has 2 heterocycles. The minimum Gasteiger partial charge on any atom is -0.379 e. The van der Waals surface area contributed by atoms with E-state index in [2.05, 4.69) is 15.4 Å². The van der Waals surface area contributed by atoms with Crippen LogP contribution in [0.1, 0.15) is 15.9 Å². The van der Waals surface area contributed by atoms with Crippen molar-refractivity contribution in [2.75, 3.05) is 31.6 Å². The quantitative estimate of drug-likeness (QED) is 0.541. The molecule has 0 radical (unpaired) electrons. The summed E-state index contributed by atoms with van der Waals surface area (Å²) in [6.07, 6.45) is -2.30. The Morgan fingerprint density at radius 2 is 1.82 bits per heavy atom. The number of hydrogen-bond donors (Lipinski definition) is 1. The highest BCUT2D eigenvalue weighted by molar-refractivity contribution is 7.89. The lowest BCUT2D eigenvalue weighted by Crippen LogP contribution is -2.41. The van der Waals surface area contributed by atoms with Crippen molar-refractivity contribution < 1.29 is 35.5 Å².